The van der Waals surface area contributed by atoms with Gasteiger partial charge >= 0.3 is 5.97 Å². The lowest BCUT2D eigenvalue weighted by Crippen LogP contribution is -1.97. The molecule has 0 fully saturated rings. The van der Waals surface area contributed by atoms with Crippen molar-refractivity contribution >= 4 is 5.97 Å². The summed E-state index contributed by atoms with van der Waals surface area (Å²) in [5.74, 6) is 0.391. The van der Waals surface area contributed by atoms with E-state index < -0.39 is 5.97 Å². The monoisotopic (exact) mass is 245 g/mol. The van der Waals surface area contributed by atoms with Crippen LogP contribution in [0.15, 0.2) is 42.6 Å². The van der Waals surface area contributed by atoms with Crippen LogP contribution in [0.2, 0.25) is 0 Å². The molecule has 1 aromatic heterocycles. The lowest BCUT2D eigenvalue weighted by molar-refractivity contribution is 0.0696. The van der Waals surface area contributed by atoms with Crippen LogP contribution in [-0.2, 0) is 0 Å². The van der Waals surface area contributed by atoms with Crippen molar-refractivity contribution in [3.8, 4) is 17.4 Å². The molecule has 18 heavy (non-hydrogen) atoms. The van der Waals surface area contributed by atoms with E-state index in [1.54, 1.807) is 31.4 Å². The van der Waals surface area contributed by atoms with Crippen molar-refractivity contribution < 1.29 is 19.4 Å². The number of pyridine rings is 1. The average Bonchev–Trinajstić information content (AvgIpc) is 2.39. The topological polar surface area (TPSA) is 68.7 Å². The summed E-state index contributed by atoms with van der Waals surface area (Å²) in [5.41, 5.74) is 0.128. The molecule has 0 amide bonds. The number of hydrogen-bond acceptors (Lipinski definition) is 4. The van der Waals surface area contributed by atoms with Gasteiger partial charge in [-0.3, -0.25) is 0 Å². The SMILES string of the molecule is COc1cccc(Oc2cc(C(=O)O)ccn2)c1. The first kappa shape index (κ1) is 11.9. The first-order chi connectivity index (χ1) is 8.69. The Morgan fingerprint density at radius 3 is 2.72 bits per heavy atom. The number of carboxylic acid groups (broad SMARTS) is 1. The molecule has 1 heterocycles. The van der Waals surface area contributed by atoms with Crippen LogP contribution < -0.4 is 9.47 Å². The van der Waals surface area contributed by atoms with E-state index in [4.69, 9.17) is 14.6 Å². The van der Waals surface area contributed by atoms with E-state index in [0.717, 1.165) is 0 Å². The summed E-state index contributed by atoms with van der Waals surface area (Å²) < 4.78 is 10.5. The van der Waals surface area contributed by atoms with Gasteiger partial charge in [-0.05, 0) is 18.2 Å². The molecule has 0 aliphatic rings. The number of carboxylic acids is 1. The molecule has 1 aromatic carbocycles. The number of rotatable bonds is 4. The van der Waals surface area contributed by atoms with Gasteiger partial charge in [0.15, 0.2) is 0 Å². The Kier molecular flexibility index (Phi) is 3.43. The van der Waals surface area contributed by atoms with Crippen LogP contribution in [-0.4, -0.2) is 23.2 Å². The number of benzene rings is 1. The fourth-order valence-electron chi connectivity index (χ4n) is 1.38. The van der Waals surface area contributed by atoms with E-state index >= 15 is 0 Å². The molecule has 0 bridgehead atoms. The fraction of sp³-hybridized carbons (Fsp3) is 0.0769. The Balaban J connectivity index is 2.22. The molecular weight excluding hydrogens is 234 g/mol. The van der Waals surface area contributed by atoms with Crippen molar-refractivity contribution in [3.05, 3.63) is 48.2 Å². The van der Waals surface area contributed by atoms with E-state index in [-0.39, 0.29) is 11.4 Å². The van der Waals surface area contributed by atoms with E-state index in [2.05, 4.69) is 4.98 Å². The van der Waals surface area contributed by atoms with Crippen LogP contribution in [0.25, 0.3) is 0 Å². The highest BCUT2D eigenvalue weighted by atomic mass is 16.5. The number of carbonyl (C=O) groups is 1. The lowest BCUT2D eigenvalue weighted by Gasteiger charge is -2.06. The summed E-state index contributed by atoms with van der Waals surface area (Å²) in [6.45, 7) is 0. The number of aromatic nitrogens is 1. The van der Waals surface area contributed by atoms with Crippen molar-refractivity contribution in [1.29, 1.82) is 0 Å². The van der Waals surface area contributed by atoms with Crippen LogP contribution >= 0.6 is 0 Å². The molecule has 92 valence electrons. The zero-order valence-electron chi connectivity index (χ0n) is 9.66. The molecule has 0 radical (unpaired) electrons. The quantitative estimate of drug-likeness (QED) is 0.896. The molecule has 0 unspecified atom stereocenters. The smallest absolute Gasteiger partial charge is 0.335 e. The van der Waals surface area contributed by atoms with Crippen LogP contribution in [0.4, 0.5) is 0 Å². The summed E-state index contributed by atoms with van der Waals surface area (Å²) in [5, 5.41) is 8.85. The van der Waals surface area contributed by atoms with Crippen LogP contribution in [0.3, 0.4) is 0 Å². The Labute approximate surface area is 104 Å². The molecule has 0 saturated heterocycles. The van der Waals surface area contributed by atoms with Gasteiger partial charge in [0.05, 0.1) is 12.7 Å². The van der Waals surface area contributed by atoms with Gasteiger partial charge in [0, 0.05) is 18.3 Å². The maximum absolute atomic E-state index is 10.8. The van der Waals surface area contributed by atoms with Gasteiger partial charge in [-0.15, -0.1) is 0 Å². The van der Waals surface area contributed by atoms with Gasteiger partial charge in [0.25, 0.3) is 0 Å². The molecule has 1 N–H and O–H groups in total. The molecule has 2 rings (SSSR count). The third kappa shape index (κ3) is 2.76. The number of hydrogen-bond donors (Lipinski definition) is 1. The summed E-state index contributed by atoms with van der Waals surface area (Å²) in [6, 6.07) is 9.75. The molecule has 0 saturated carbocycles. The lowest BCUT2D eigenvalue weighted by atomic mass is 10.3. The predicted molar refractivity (Wildman–Crippen MR) is 64.3 cm³/mol. The highest BCUT2D eigenvalue weighted by molar-refractivity contribution is 5.87. The van der Waals surface area contributed by atoms with Crippen molar-refractivity contribution in [3.63, 3.8) is 0 Å². The van der Waals surface area contributed by atoms with Crippen molar-refractivity contribution in [2.45, 2.75) is 0 Å². The zero-order valence-corrected chi connectivity index (χ0v) is 9.66. The summed E-state index contributed by atoms with van der Waals surface area (Å²) >= 11 is 0. The van der Waals surface area contributed by atoms with Crippen molar-refractivity contribution in [2.24, 2.45) is 0 Å². The number of ether oxygens (including phenoxy) is 2. The second kappa shape index (κ2) is 5.18. The summed E-state index contributed by atoms with van der Waals surface area (Å²) in [6.07, 6.45) is 1.39. The van der Waals surface area contributed by atoms with Crippen molar-refractivity contribution in [2.75, 3.05) is 7.11 Å². The summed E-state index contributed by atoms with van der Waals surface area (Å²) in [4.78, 5) is 14.7. The van der Waals surface area contributed by atoms with E-state index in [0.29, 0.717) is 11.5 Å². The Morgan fingerprint density at radius 1 is 1.22 bits per heavy atom. The molecular formula is C13H11NO4. The van der Waals surface area contributed by atoms with Gasteiger partial charge in [0.1, 0.15) is 11.5 Å². The van der Waals surface area contributed by atoms with E-state index in [1.807, 2.05) is 0 Å². The largest absolute Gasteiger partial charge is 0.497 e. The molecule has 0 atom stereocenters. The third-order valence-electron chi connectivity index (χ3n) is 2.25. The Morgan fingerprint density at radius 2 is 2.00 bits per heavy atom. The van der Waals surface area contributed by atoms with E-state index in [9.17, 15) is 4.79 Å². The van der Waals surface area contributed by atoms with Gasteiger partial charge in [-0.1, -0.05) is 6.07 Å². The van der Waals surface area contributed by atoms with Gasteiger partial charge in [0.2, 0.25) is 5.88 Å². The van der Waals surface area contributed by atoms with Crippen LogP contribution in [0, 0.1) is 0 Å². The molecule has 0 aliphatic heterocycles. The average molecular weight is 245 g/mol. The second-order valence-electron chi connectivity index (χ2n) is 3.47. The molecule has 0 aliphatic carbocycles. The maximum Gasteiger partial charge on any atom is 0.335 e. The zero-order chi connectivity index (χ0) is 13.0. The third-order valence-corrected chi connectivity index (χ3v) is 2.25. The molecule has 5 heteroatoms. The Hall–Kier alpha value is -2.56. The van der Waals surface area contributed by atoms with Gasteiger partial charge < -0.3 is 14.6 Å². The fourth-order valence-corrected chi connectivity index (χ4v) is 1.38. The van der Waals surface area contributed by atoms with Crippen LogP contribution in [0.5, 0.6) is 17.4 Å². The van der Waals surface area contributed by atoms with E-state index in [1.165, 1.54) is 18.3 Å². The maximum atomic E-state index is 10.8. The summed E-state index contributed by atoms with van der Waals surface area (Å²) in [7, 11) is 1.56. The number of nitrogens with zero attached hydrogens (tertiary/aromatic N) is 1. The number of methoxy groups -OCH3 is 1. The highest BCUT2D eigenvalue weighted by Crippen LogP contribution is 2.24. The molecule has 2 aromatic rings. The molecule has 5 nitrogen and oxygen atoms in total. The second-order valence-corrected chi connectivity index (χ2v) is 3.47. The van der Waals surface area contributed by atoms with Crippen molar-refractivity contribution in [1.82, 2.24) is 4.98 Å². The van der Waals surface area contributed by atoms with Gasteiger partial charge in [-0.2, -0.15) is 0 Å². The minimum Gasteiger partial charge on any atom is -0.497 e. The standard InChI is InChI=1S/C13H11NO4/c1-17-10-3-2-4-11(8-10)18-12-7-9(13(15)16)5-6-14-12/h2-8H,1H3,(H,15,16). The number of aromatic carboxylic acids is 1. The predicted octanol–water partition coefficient (Wildman–Crippen LogP) is 2.58. The first-order valence-electron chi connectivity index (χ1n) is 5.20. The molecule has 0 spiro atoms. The minimum atomic E-state index is -1.02. The van der Waals surface area contributed by atoms with Crippen LogP contribution in [0.1, 0.15) is 10.4 Å². The Bertz CT molecular complexity index is 568. The minimum absolute atomic E-state index is 0.128. The van der Waals surface area contributed by atoms with Gasteiger partial charge in [-0.25, -0.2) is 9.78 Å². The highest BCUT2D eigenvalue weighted by Gasteiger charge is 2.06. The normalized spacial score (nSPS) is 9.83. The first-order valence-corrected chi connectivity index (χ1v) is 5.20.